The highest BCUT2D eigenvalue weighted by Crippen LogP contribution is 2.35. The molecule has 144 valence electrons. The lowest BCUT2D eigenvalue weighted by Crippen LogP contribution is -2.27. The van der Waals surface area contributed by atoms with Crippen molar-refractivity contribution in [3.05, 3.63) is 53.4 Å². The Morgan fingerprint density at radius 2 is 1.96 bits per heavy atom. The molecule has 0 unspecified atom stereocenters. The predicted molar refractivity (Wildman–Crippen MR) is 102 cm³/mol. The third-order valence-electron chi connectivity index (χ3n) is 4.98. The van der Waals surface area contributed by atoms with Gasteiger partial charge in [-0.2, -0.15) is 0 Å². The number of anilines is 1. The van der Waals surface area contributed by atoms with Crippen molar-refractivity contribution in [1.29, 1.82) is 0 Å². The lowest BCUT2D eigenvalue weighted by atomic mass is 9.82. The number of ether oxygens (including phenoxy) is 1. The van der Waals surface area contributed by atoms with Gasteiger partial charge in [0.1, 0.15) is 5.82 Å². The van der Waals surface area contributed by atoms with Crippen LogP contribution in [0.25, 0.3) is 0 Å². The van der Waals surface area contributed by atoms with E-state index in [0.717, 1.165) is 31.2 Å². The fourth-order valence-electron chi connectivity index (χ4n) is 3.51. The summed E-state index contributed by atoms with van der Waals surface area (Å²) in [6, 6.07) is 6.27. The number of aromatic nitrogens is 1. The Hall–Kier alpha value is -2.70. The quantitative estimate of drug-likeness (QED) is 0.623. The highest BCUT2D eigenvalue weighted by Gasteiger charge is 2.25. The number of hydrogen-bond acceptors (Lipinski definition) is 3. The number of aryl methyl sites for hydroxylation is 1. The summed E-state index contributed by atoms with van der Waals surface area (Å²) in [6.45, 7) is 1.69. The van der Waals surface area contributed by atoms with Gasteiger partial charge in [-0.1, -0.05) is 0 Å². The highest BCUT2D eigenvalue weighted by molar-refractivity contribution is 5.92. The summed E-state index contributed by atoms with van der Waals surface area (Å²) in [5, 5.41) is 2.96. The molecule has 27 heavy (non-hydrogen) atoms. The second-order valence-electron chi connectivity index (χ2n) is 6.79. The molecule has 2 aromatic rings. The van der Waals surface area contributed by atoms with Crippen LogP contribution >= 0.6 is 0 Å². The van der Waals surface area contributed by atoms with Crippen LogP contribution in [0.4, 0.5) is 14.5 Å². The maximum absolute atomic E-state index is 14.3. The summed E-state index contributed by atoms with van der Waals surface area (Å²) in [4.78, 5) is 8.51. The van der Waals surface area contributed by atoms with Gasteiger partial charge in [-0.25, -0.2) is 13.8 Å². The summed E-state index contributed by atoms with van der Waals surface area (Å²) in [5.74, 6) is -0.0268. The van der Waals surface area contributed by atoms with Crippen molar-refractivity contribution < 1.29 is 13.5 Å². The molecular formula is C20H24F2N4O. The maximum Gasteiger partial charge on any atom is 0.193 e. The maximum atomic E-state index is 14.3. The molecule has 1 saturated carbocycles. The van der Waals surface area contributed by atoms with E-state index < -0.39 is 5.82 Å². The summed E-state index contributed by atoms with van der Waals surface area (Å²) in [7, 11) is 1.41. The van der Waals surface area contributed by atoms with Crippen molar-refractivity contribution in [2.45, 2.75) is 44.6 Å². The molecule has 0 amide bonds. The molecular weight excluding hydrogens is 350 g/mol. The average Bonchev–Trinajstić information content (AvgIpc) is 2.66. The van der Waals surface area contributed by atoms with Gasteiger partial charge < -0.3 is 15.8 Å². The van der Waals surface area contributed by atoms with Gasteiger partial charge in [-0.15, -0.1) is 0 Å². The molecule has 0 aliphatic heterocycles. The summed E-state index contributed by atoms with van der Waals surface area (Å²) in [6.07, 6.45) is 5.04. The van der Waals surface area contributed by atoms with Gasteiger partial charge in [0.15, 0.2) is 17.5 Å². The number of methoxy groups -OCH3 is 1. The molecule has 7 heteroatoms. The van der Waals surface area contributed by atoms with Crippen LogP contribution in [0.2, 0.25) is 0 Å². The minimum Gasteiger partial charge on any atom is -0.494 e. The van der Waals surface area contributed by atoms with E-state index in [0.29, 0.717) is 11.4 Å². The fourth-order valence-corrected chi connectivity index (χ4v) is 3.51. The molecule has 3 rings (SSSR count). The molecule has 5 nitrogen and oxygen atoms in total. The van der Waals surface area contributed by atoms with E-state index >= 15 is 0 Å². The summed E-state index contributed by atoms with van der Waals surface area (Å²) in [5.41, 5.74) is 7.79. The van der Waals surface area contributed by atoms with Gasteiger partial charge in [0.25, 0.3) is 0 Å². The van der Waals surface area contributed by atoms with Crippen LogP contribution < -0.4 is 15.8 Å². The smallest absolute Gasteiger partial charge is 0.193 e. The molecule has 1 heterocycles. The first-order chi connectivity index (χ1) is 13.0. The molecule has 0 atom stereocenters. The first-order valence-electron chi connectivity index (χ1n) is 9.02. The normalized spacial score (nSPS) is 20.4. The molecule has 1 aromatic heterocycles. The van der Waals surface area contributed by atoms with Crippen LogP contribution in [-0.4, -0.2) is 24.1 Å². The van der Waals surface area contributed by atoms with Gasteiger partial charge in [0, 0.05) is 18.0 Å². The van der Waals surface area contributed by atoms with Crippen molar-refractivity contribution in [1.82, 2.24) is 4.98 Å². The van der Waals surface area contributed by atoms with Crippen molar-refractivity contribution in [2.24, 2.45) is 10.7 Å². The first-order valence-corrected chi connectivity index (χ1v) is 9.02. The molecule has 1 aromatic carbocycles. The lowest BCUT2D eigenvalue weighted by Gasteiger charge is -2.27. The zero-order valence-electron chi connectivity index (χ0n) is 15.5. The zero-order chi connectivity index (χ0) is 19.4. The Morgan fingerprint density at radius 1 is 1.22 bits per heavy atom. The van der Waals surface area contributed by atoms with E-state index in [-0.39, 0.29) is 29.5 Å². The summed E-state index contributed by atoms with van der Waals surface area (Å²) >= 11 is 0. The second kappa shape index (κ2) is 8.33. The number of benzene rings is 1. The average molecular weight is 374 g/mol. The lowest BCUT2D eigenvalue weighted by molar-refractivity contribution is 0.386. The number of aliphatic imine (C=N–C) groups is 1. The Labute approximate surface area is 157 Å². The van der Waals surface area contributed by atoms with Crippen LogP contribution in [0.3, 0.4) is 0 Å². The number of nitrogens with two attached hydrogens (primary N) is 1. The Kier molecular flexibility index (Phi) is 5.88. The van der Waals surface area contributed by atoms with Crippen molar-refractivity contribution >= 4 is 11.6 Å². The van der Waals surface area contributed by atoms with E-state index in [9.17, 15) is 8.78 Å². The molecule has 0 saturated heterocycles. The first kappa shape index (κ1) is 19.1. The van der Waals surface area contributed by atoms with Crippen LogP contribution in [0.1, 0.15) is 42.9 Å². The van der Waals surface area contributed by atoms with Crippen molar-refractivity contribution in [3.8, 4) is 5.75 Å². The van der Waals surface area contributed by atoms with Gasteiger partial charge in [-0.3, -0.25) is 4.98 Å². The highest BCUT2D eigenvalue weighted by atomic mass is 19.1. The Balaban J connectivity index is 1.60. The van der Waals surface area contributed by atoms with E-state index in [4.69, 9.17) is 10.5 Å². The topological polar surface area (TPSA) is 72.5 Å². The Bertz CT molecular complexity index is 833. The number of hydrogen-bond donors (Lipinski definition) is 2. The third kappa shape index (κ3) is 4.53. The number of rotatable bonds is 4. The third-order valence-corrected chi connectivity index (χ3v) is 4.98. The van der Waals surface area contributed by atoms with Gasteiger partial charge in [0.05, 0.1) is 18.8 Å². The number of nitrogens with zero attached hydrogens (tertiary/aromatic N) is 2. The molecule has 0 spiro atoms. The molecule has 1 aliphatic rings. The van der Waals surface area contributed by atoms with Crippen molar-refractivity contribution in [2.75, 3.05) is 12.4 Å². The van der Waals surface area contributed by atoms with Gasteiger partial charge >= 0.3 is 0 Å². The predicted octanol–water partition coefficient (Wildman–Crippen LogP) is 4.13. The minimum atomic E-state index is -0.435. The van der Waals surface area contributed by atoms with Crippen LogP contribution in [0.15, 0.2) is 35.5 Å². The van der Waals surface area contributed by atoms with E-state index in [1.54, 1.807) is 25.3 Å². The van der Waals surface area contributed by atoms with E-state index in [2.05, 4.69) is 15.3 Å². The van der Waals surface area contributed by atoms with Crippen molar-refractivity contribution in [3.63, 3.8) is 0 Å². The number of halogens is 2. The summed E-state index contributed by atoms with van der Waals surface area (Å²) < 4.78 is 32.7. The van der Waals surface area contributed by atoms with Gasteiger partial charge in [0.2, 0.25) is 0 Å². The largest absolute Gasteiger partial charge is 0.494 e. The minimum absolute atomic E-state index is 0.0853. The molecule has 1 fully saturated rings. The van der Waals surface area contributed by atoms with E-state index in [1.807, 2.05) is 0 Å². The zero-order valence-corrected chi connectivity index (χ0v) is 15.5. The van der Waals surface area contributed by atoms with Gasteiger partial charge in [-0.05, 0) is 62.3 Å². The standard InChI is InChI=1S/C20H24F2N4O/c1-12-19(22)16(9-10-24-12)13-3-5-14(6-4-13)25-20(23)26-15-7-8-17(21)18(11-15)27-2/h7-11,13-14H,3-6H2,1-2H3,(H3,23,25,26). The molecule has 3 N–H and O–H groups in total. The molecule has 1 aliphatic carbocycles. The fraction of sp³-hybridized carbons (Fsp3) is 0.400. The van der Waals surface area contributed by atoms with Crippen LogP contribution in [0.5, 0.6) is 5.75 Å². The van der Waals surface area contributed by atoms with E-state index in [1.165, 1.54) is 19.2 Å². The molecule has 0 bridgehead atoms. The monoisotopic (exact) mass is 374 g/mol. The number of pyridine rings is 1. The molecule has 0 radical (unpaired) electrons. The Morgan fingerprint density at radius 3 is 2.67 bits per heavy atom. The number of guanidine groups is 1. The second-order valence-corrected chi connectivity index (χ2v) is 6.79. The van der Waals surface area contributed by atoms with Crippen LogP contribution in [-0.2, 0) is 0 Å². The SMILES string of the molecule is COc1cc(NC(N)=NC2CCC(c3ccnc(C)c3F)CC2)ccc1F. The number of nitrogens with one attached hydrogen (secondary N) is 1. The van der Waals surface area contributed by atoms with Crippen LogP contribution in [0, 0.1) is 18.6 Å².